The molecule has 0 N–H and O–H groups in total. The standard InChI is InChI=1S/C10H20OS/c1-8(2)10(9(3)4)6-5-7-12(10)11/h8-9H,5-7H2,1-4H3. The Kier molecular flexibility index (Phi) is 2.97. The molecule has 0 aromatic carbocycles. The second-order valence-electron chi connectivity index (χ2n) is 4.42. The van der Waals surface area contributed by atoms with Crippen molar-refractivity contribution in [1.82, 2.24) is 0 Å². The molecule has 1 heterocycles. The smallest absolute Gasteiger partial charge is 0.0505 e. The Morgan fingerprint density at radius 2 is 1.67 bits per heavy atom. The fourth-order valence-electron chi connectivity index (χ4n) is 2.55. The third-order valence-corrected chi connectivity index (χ3v) is 5.93. The van der Waals surface area contributed by atoms with Gasteiger partial charge in [0.25, 0.3) is 0 Å². The second-order valence-corrected chi connectivity index (χ2v) is 6.28. The summed E-state index contributed by atoms with van der Waals surface area (Å²) in [5, 5.41) is 0. The maximum absolute atomic E-state index is 11.9. The molecule has 0 spiro atoms. The molecule has 1 atom stereocenters. The van der Waals surface area contributed by atoms with E-state index in [4.69, 9.17) is 0 Å². The largest absolute Gasteiger partial charge is 0.259 e. The van der Waals surface area contributed by atoms with E-state index in [0.717, 1.165) is 18.6 Å². The first kappa shape index (κ1) is 10.2. The van der Waals surface area contributed by atoms with Gasteiger partial charge in [-0.15, -0.1) is 0 Å². The van der Waals surface area contributed by atoms with E-state index >= 15 is 0 Å². The number of hydrogen-bond acceptors (Lipinski definition) is 1. The molecule has 0 aliphatic carbocycles. The van der Waals surface area contributed by atoms with E-state index in [-0.39, 0.29) is 4.75 Å². The molecule has 0 bridgehead atoms. The Labute approximate surface area is 78.4 Å². The summed E-state index contributed by atoms with van der Waals surface area (Å²) >= 11 is 0. The molecule has 1 rings (SSSR count). The van der Waals surface area contributed by atoms with Crippen molar-refractivity contribution in [3.05, 3.63) is 0 Å². The fraction of sp³-hybridized carbons (Fsp3) is 1.00. The Bertz CT molecular complexity index is 176. The highest BCUT2D eigenvalue weighted by Crippen LogP contribution is 2.41. The molecule has 0 amide bonds. The van der Waals surface area contributed by atoms with E-state index in [1.54, 1.807) is 0 Å². The zero-order valence-corrected chi connectivity index (χ0v) is 9.41. The van der Waals surface area contributed by atoms with E-state index in [0.29, 0.717) is 11.8 Å². The summed E-state index contributed by atoms with van der Waals surface area (Å²) < 4.78 is 12.0. The van der Waals surface area contributed by atoms with Crippen molar-refractivity contribution < 1.29 is 4.21 Å². The van der Waals surface area contributed by atoms with Gasteiger partial charge in [0.05, 0.1) is 4.75 Å². The van der Waals surface area contributed by atoms with Crippen LogP contribution in [0.4, 0.5) is 0 Å². The SMILES string of the molecule is CC(C)C1(C(C)C)CCCS1=O. The molecule has 1 fully saturated rings. The molecule has 12 heavy (non-hydrogen) atoms. The first-order valence-corrected chi connectivity index (χ1v) is 6.22. The monoisotopic (exact) mass is 188 g/mol. The predicted octanol–water partition coefficient (Wildman–Crippen LogP) is 2.58. The van der Waals surface area contributed by atoms with Gasteiger partial charge in [-0.05, 0) is 24.7 Å². The molecule has 1 unspecified atom stereocenters. The maximum atomic E-state index is 11.9. The van der Waals surface area contributed by atoms with Crippen LogP contribution in [0.1, 0.15) is 40.5 Å². The minimum atomic E-state index is -0.579. The van der Waals surface area contributed by atoms with E-state index in [9.17, 15) is 4.21 Å². The molecule has 0 saturated carbocycles. The van der Waals surface area contributed by atoms with Crippen LogP contribution in [0, 0.1) is 11.8 Å². The first-order chi connectivity index (χ1) is 5.51. The molecular formula is C10H20OS. The topological polar surface area (TPSA) is 17.1 Å². The Morgan fingerprint density at radius 3 is 1.83 bits per heavy atom. The Morgan fingerprint density at radius 1 is 1.17 bits per heavy atom. The minimum Gasteiger partial charge on any atom is -0.259 e. The second kappa shape index (κ2) is 3.49. The van der Waals surface area contributed by atoms with Crippen LogP contribution in [0.5, 0.6) is 0 Å². The average Bonchev–Trinajstić information content (AvgIpc) is 2.31. The van der Waals surface area contributed by atoms with Crippen molar-refractivity contribution in [2.75, 3.05) is 5.75 Å². The van der Waals surface area contributed by atoms with Crippen LogP contribution in [-0.2, 0) is 10.8 Å². The van der Waals surface area contributed by atoms with Gasteiger partial charge in [0.1, 0.15) is 0 Å². The summed E-state index contributed by atoms with van der Waals surface area (Å²) in [6.07, 6.45) is 2.32. The molecule has 2 heteroatoms. The Balaban J connectivity index is 2.93. The quantitative estimate of drug-likeness (QED) is 0.651. The van der Waals surface area contributed by atoms with Crippen LogP contribution in [0.3, 0.4) is 0 Å². The van der Waals surface area contributed by atoms with Gasteiger partial charge in [0, 0.05) is 16.6 Å². The van der Waals surface area contributed by atoms with Gasteiger partial charge in [-0.1, -0.05) is 27.7 Å². The molecule has 0 radical (unpaired) electrons. The molecule has 72 valence electrons. The molecule has 0 aromatic heterocycles. The third-order valence-electron chi connectivity index (χ3n) is 3.28. The highest BCUT2D eigenvalue weighted by Gasteiger charge is 2.45. The lowest BCUT2D eigenvalue weighted by Crippen LogP contribution is -2.41. The summed E-state index contributed by atoms with van der Waals surface area (Å²) in [5.74, 6) is 2.04. The zero-order valence-electron chi connectivity index (χ0n) is 8.59. The number of rotatable bonds is 2. The lowest BCUT2D eigenvalue weighted by molar-refractivity contribution is 0.317. The van der Waals surface area contributed by atoms with Gasteiger partial charge in [0.2, 0.25) is 0 Å². The van der Waals surface area contributed by atoms with E-state index in [1.165, 1.54) is 0 Å². The van der Waals surface area contributed by atoms with Crippen LogP contribution < -0.4 is 0 Å². The van der Waals surface area contributed by atoms with Gasteiger partial charge in [-0.3, -0.25) is 4.21 Å². The zero-order chi connectivity index (χ0) is 9.35. The minimum absolute atomic E-state index is 0.125. The third kappa shape index (κ3) is 1.34. The van der Waals surface area contributed by atoms with Crippen molar-refractivity contribution in [3.63, 3.8) is 0 Å². The fourth-order valence-corrected chi connectivity index (χ4v) is 4.76. The van der Waals surface area contributed by atoms with Gasteiger partial charge < -0.3 is 0 Å². The highest BCUT2D eigenvalue weighted by molar-refractivity contribution is 7.86. The van der Waals surface area contributed by atoms with Gasteiger partial charge in [-0.25, -0.2) is 0 Å². The van der Waals surface area contributed by atoms with Gasteiger partial charge in [-0.2, -0.15) is 0 Å². The summed E-state index contributed by atoms with van der Waals surface area (Å²) in [4.78, 5) is 0. The highest BCUT2D eigenvalue weighted by atomic mass is 32.2. The normalized spacial score (nSPS) is 28.7. The first-order valence-electron chi connectivity index (χ1n) is 4.90. The van der Waals surface area contributed by atoms with Crippen LogP contribution in [0.15, 0.2) is 0 Å². The van der Waals surface area contributed by atoms with Crippen LogP contribution >= 0.6 is 0 Å². The van der Waals surface area contributed by atoms with Crippen molar-refractivity contribution in [3.8, 4) is 0 Å². The van der Waals surface area contributed by atoms with Gasteiger partial charge in [0.15, 0.2) is 0 Å². The number of hydrogen-bond donors (Lipinski definition) is 0. The summed E-state index contributed by atoms with van der Waals surface area (Å²) in [6, 6.07) is 0. The van der Waals surface area contributed by atoms with E-state index in [1.807, 2.05) is 0 Å². The molecule has 1 nitrogen and oxygen atoms in total. The molecule has 1 saturated heterocycles. The van der Waals surface area contributed by atoms with Gasteiger partial charge >= 0.3 is 0 Å². The average molecular weight is 188 g/mol. The van der Waals surface area contributed by atoms with E-state index < -0.39 is 10.8 Å². The van der Waals surface area contributed by atoms with Crippen molar-refractivity contribution in [2.45, 2.75) is 45.3 Å². The molecule has 1 aliphatic rings. The molecular weight excluding hydrogens is 168 g/mol. The lowest BCUT2D eigenvalue weighted by Gasteiger charge is -2.36. The van der Waals surface area contributed by atoms with Crippen LogP contribution in [0.25, 0.3) is 0 Å². The summed E-state index contributed by atoms with van der Waals surface area (Å²) in [7, 11) is -0.579. The molecule has 1 aliphatic heterocycles. The predicted molar refractivity (Wildman–Crippen MR) is 54.7 cm³/mol. The van der Waals surface area contributed by atoms with Crippen LogP contribution in [0.2, 0.25) is 0 Å². The molecule has 0 aromatic rings. The van der Waals surface area contributed by atoms with Crippen LogP contribution in [-0.4, -0.2) is 14.7 Å². The van der Waals surface area contributed by atoms with E-state index in [2.05, 4.69) is 27.7 Å². The summed E-state index contributed by atoms with van der Waals surface area (Å²) in [5.41, 5.74) is 0. The Hall–Kier alpha value is 0.150. The van der Waals surface area contributed by atoms with Crippen molar-refractivity contribution >= 4 is 10.8 Å². The van der Waals surface area contributed by atoms with Crippen molar-refractivity contribution in [2.24, 2.45) is 11.8 Å². The van der Waals surface area contributed by atoms with Crippen molar-refractivity contribution in [1.29, 1.82) is 0 Å². The maximum Gasteiger partial charge on any atom is 0.0505 e. The lowest BCUT2D eigenvalue weighted by atomic mass is 9.81. The summed E-state index contributed by atoms with van der Waals surface area (Å²) in [6.45, 7) is 8.85.